The van der Waals surface area contributed by atoms with E-state index in [1.807, 2.05) is 24.3 Å². The lowest BCUT2D eigenvalue weighted by atomic mass is 9.86. The number of hydrogen-bond acceptors (Lipinski definition) is 6. The number of benzene rings is 2. The van der Waals surface area contributed by atoms with Crippen LogP contribution in [0.5, 0.6) is 0 Å². The maximum absolute atomic E-state index is 13.3. The number of anilines is 2. The number of piperidine rings is 1. The second-order valence-corrected chi connectivity index (χ2v) is 7.87. The number of carboxylic acid groups (broad SMARTS) is 1. The Morgan fingerprint density at radius 3 is 2.90 bits per heavy atom. The van der Waals surface area contributed by atoms with Crippen LogP contribution in [0.15, 0.2) is 34.9 Å². The van der Waals surface area contributed by atoms with Gasteiger partial charge in [-0.3, -0.25) is 9.59 Å². The van der Waals surface area contributed by atoms with Crippen LogP contribution in [-0.2, 0) is 4.79 Å². The number of carbonyl (C=O) groups excluding carboxylic acids is 1. The zero-order valence-electron chi connectivity index (χ0n) is 16.1. The highest BCUT2D eigenvalue weighted by molar-refractivity contribution is 6.28. The minimum absolute atomic E-state index is 0.146. The monoisotopic (exact) mass is 391 g/mol. The number of nitrogens with one attached hydrogen (secondary N) is 1. The summed E-state index contributed by atoms with van der Waals surface area (Å²) in [4.78, 5) is 26.8. The van der Waals surface area contributed by atoms with Crippen molar-refractivity contribution in [1.82, 2.24) is 5.16 Å². The van der Waals surface area contributed by atoms with E-state index in [1.54, 1.807) is 6.07 Å². The predicted molar refractivity (Wildman–Crippen MR) is 110 cm³/mol. The number of aromatic nitrogens is 1. The third-order valence-corrected chi connectivity index (χ3v) is 5.81. The molecule has 0 unspecified atom stereocenters. The minimum Gasteiger partial charge on any atom is -0.480 e. The Morgan fingerprint density at radius 2 is 2.14 bits per heavy atom. The van der Waals surface area contributed by atoms with Crippen LogP contribution in [0.1, 0.15) is 35.7 Å². The summed E-state index contributed by atoms with van der Waals surface area (Å²) < 4.78 is 5.74. The molecule has 2 heterocycles. The van der Waals surface area contributed by atoms with Crippen LogP contribution < -0.4 is 10.2 Å². The van der Waals surface area contributed by atoms with E-state index in [-0.39, 0.29) is 12.3 Å². The number of carboxylic acids is 1. The van der Waals surface area contributed by atoms with Gasteiger partial charge in [0.05, 0.1) is 16.6 Å². The van der Waals surface area contributed by atoms with Gasteiger partial charge in [0, 0.05) is 29.9 Å². The van der Waals surface area contributed by atoms with Gasteiger partial charge in [-0.2, -0.15) is 0 Å². The number of fused-ring (bicyclic) bond motifs is 2. The Morgan fingerprint density at radius 1 is 1.34 bits per heavy atom. The van der Waals surface area contributed by atoms with Crippen LogP contribution in [0.3, 0.4) is 0 Å². The van der Waals surface area contributed by atoms with Gasteiger partial charge in [-0.1, -0.05) is 36.3 Å². The third-order valence-electron chi connectivity index (χ3n) is 5.81. The molecule has 0 radical (unpaired) electrons. The molecule has 1 aliphatic carbocycles. The SMILES string of the molecule is C[C@H]1CCCN(c2cc(NCC(=O)O)c3c4c(onc24)-c2ccccc2C3=O)C1. The molecule has 1 aromatic heterocycles. The lowest BCUT2D eigenvalue weighted by Crippen LogP contribution is -2.34. The molecule has 0 bridgehead atoms. The normalized spacial score (nSPS) is 18.0. The first-order valence-electron chi connectivity index (χ1n) is 9.85. The lowest BCUT2D eigenvalue weighted by molar-refractivity contribution is -0.134. The smallest absolute Gasteiger partial charge is 0.322 e. The first kappa shape index (κ1) is 17.7. The number of nitrogens with zero attached hydrogens (tertiary/aromatic N) is 2. The summed E-state index contributed by atoms with van der Waals surface area (Å²) in [5.74, 6) is -0.0154. The van der Waals surface area contributed by atoms with Gasteiger partial charge in [0.15, 0.2) is 11.5 Å². The van der Waals surface area contributed by atoms with Crippen LogP contribution in [0.2, 0.25) is 0 Å². The van der Waals surface area contributed by atoms with Crippen LogP contribution in [0.25, 0.3) is 22.2 Å². The first-order valence-corrected chi connectivity index (χ1v) is 9.85. The molecule has 2 aliphatic rings. The van der Waals surface area contributed by atoms with E-state index in [2.05, 4.69) is 22.3 Å². The van der Waals surface area contributed by atoms with Crippen molar-refractivity contribution in [3.05, 3.63) is 41.5 Å². The summed E-state index contributed by atoms with van der Waals surface area (Å²) in [7, 11) is 0. The highest BCUT2D eigenvalue weighted by atomic mass is 16.5. The van der Waals surface area contributed by atoms with Gasteiger partial charge in [-0.15, -0.1) is 0 Å². The zero-order valence-corrected chi connectivity index (χ0v) is 16.1. The average molecular weight is 391 g/mol. The summed E-state index contributed by atoms with van der Waals surface area (Å²) in [6, 6.07) is 9.15. The van der Waals surface area contributed by atoms with E-state index < -0.39 is 5.97 Å². The Bertz CT molecular complexity index is 1150. The molecule has 1 aliphatic heterocycles. The molecule has 5 rings (SSSR count). The van der Waals surface area contributed by atoms with E-state index in [0.29, 0.717) is 39.4 Å². The molecule has 29 heavy (non-hydrogen) atoms. The molecule has 2 aromatic carbocycles. The van der Waals surface area contributed by atoms with E-state index in [1.165, 1.54) is 6.42 Å². The van der Waals surface area contributed by atoms with E-state index >= 15 is 0 Å². The molecular weight excluding hydrogens is 370 g/mol. The highest BCUT2D eigenvalue weighted by Crippen LogP contribution is 2.46. The minimum atomic E-state index is -0.986. The van der Waals surface area contributed by atoms with Crippen molar-refractivity contribution < 1.29 is 19.2 Å². The Kier molecular flexibility index (Phi) is 4.04. The third kappa shape index (κ3) is 2.76. The van der Waals surface area contributed by atoms with Crippen LogP contribution >= 0.6 is 0 Å². The largest absolute Gasteiger partial charge is 0.480 e. The lowest BCUT2D eigenvalue weighted by Gasteiger charge is -2.33. The average Bonchev–Trinajstić information content (AvgIpc) is 3.15. The summed E-state index contributed by atoms with van der Waals surface area (Å²) in [6.07, 6.45) is 2.26. The molecule has 7 heteroatoms. The number of ketones is 1. The van der Waals surface area contributed by atoms with E-state index in [0.717, 1.165) is 30.8 Å². The number of hydrogen-bond donors (Lipinski definition) is 2. The van der Waals surface area contributed by atoms with Gasteiger partial charge in [-0.05, 0) is 24.8 Å². The van der Waals surface area contributed by atoms with Gasteiger partial charge >= 0.3 is 5.97 Å². The van der Waals surface area contributed by atoms with Gasteiger partial charge < -0.3 is 19.8 Å². The first-order chi connectivity index (χ1) is 14.0. The predicted octanol–water partition coefficient (Wildman–Crippen LogP) is 3.77. The molecular formula is C22H21N3O4. The van der Waals surface area contributed by atoms with Gasteiger partial charge in [0.25, 0.3) is 0 Å². The summed E-state index contributed by atoms with van der Waals surface area (Å²) >= 11 is 0. The second kappa shape index (κ2) is 6.62. The zero-order chi connectivity index (χ0) is 20.1. The summed E-state index contributed by atoms with van der Waals surface area (Å²) in [5, 5.41) is 17.1. The van der Waals surface area contributed by atoms with E-state index in [9.17, 15) is 9.59 Å². The summed E-state index contributed by atoms with van der Waals surface area (Å²) in [5.41, 5.74) is 3.75. The highest BCUT2D eigenvalue weighted by Gasteiger charge is 2.34. The fourth-order valence-electron chi connectivity index (χ4n) is 4.50. The van der Waals surface area contributed by atoms with Crippen molar-refractivity contribution >= 4 is 34.0 Å². The molecule has 1 fully saturated rings. The van der Waals surface area contributed by atoms with Crippen LogP contribution in [0, 0.1) is 5.92 Å². The van der Waals surface area contributed by atoms with Crippen molar-refractivity contribution in [2.24, 2.45) is 5.92 Å². The van der Waals surface area contributed by atoms with Crippen molar-refractivity contribution in [3.8, 4) is 11.3 Å². The van der Waals surface area contributed by atoms with Crippen LogP contribution in [0.4, 0.5) is 11.4 Å². The van der Waals surface area contributed by atoms with Gasteiger partial charge in [0.2, 0.25) is 0 Å². The number of carbonyl (C=O) groups is 2. The maximum atomic E-state index is 13.3. The van der Waals surface area contributed by atoms with E-state index in [4.69, 9.17) is 9.63 Å². The molecule has 1 atom stereocenters. The Labute approximate surface area is 167 Å². The van der Waals surface area contributed by atoms with Gasteiger partial charge in [0.1, 0.15) is 12.1 Å². The molecule has 2 N–H and O–H groups in total. The standard InChI is InChI=1S/C22H21N3O4/c1-12-5-4-8-25(11-12)16-9-15(23-10-17(26)27)18-19-20(16)24-29-22(19)14-7-3-2-6-13(14)21(18)28/h2-3,6-7,9,12,23H,4-5,8,10-11H2,1H3,(H,26,27)/t12-/m0/s1. The topological polar surface area (TPSA) is 95.7 Å². The van der Waals surface area contributed by atoms with Crippen molar-refractivity contribution in [1.29, 1.82) is 0 Å². The Balaban J connectivity index is 1.76. The van der Waals surface area contributed by atoms with Crippen molar-refractivity contribution in [2.75, 3.05) is 29.9 Å². The molecule has 0 amide bonds. The fraction of sp³-hybridized carbons (Fsp3) is 0.318. The quantitative estimate of drug-likeness (QED) is 0.547. The second-order valence-electron chi connectivity index (χ2n) is 7.87. The molecule has 7 nitrogen and oxygen atoms in total. The number of rotatable bonds is 4. The maximum Gasteiger partial charge on any atom is 0.322 e. The van der Waals surface area contributed by atoms with Crippen LogP contribution in [-0.4, -0.2) is 41.7 Å². The molecule has 148 valence electrons. The van der Waals surface area contributed by atoms with Crippen molar-refractivity contribution in [2.45, 2.75) is 19.8 Å². The fourth-order valence-corrected chi connectivity index (χ4v) is 4.50. The van der Waals surface area contributed by atoms with Gasteiger partial charge in [-0.25, -0.2) is 0 Å². The molecule has 1 saturated heterocycles. The summed E-state index contributed by atoms with van der Waals surface area (Å²) in [6.45, 7) is 3.73. The molecule has 0 saturated carbocycles. The number of aliphatic carboxylic acids is 1. The Hall–Kier alpha value is -3.35. The molecule has 3 aromatic rings. The van der Waals surface area contributed by atoms with Crippen molar-refractivity contribution in [3.63, 3.8) is 0 Å². The molecule has 0 spiro atoms.